The smallest absolute Gasteiger partial charge is 0.214 e. The van der Waals surface area contributed by atoms with Gasteiger partial charge >= 0.3 is 0 Å². The summed E-state index contributed by atoms with van der Waals surface area (Å²) in [5, 5.41) is 7.85. The minimum Gasteiger partial charge on any atom is -0.384 e. The van der Waals surface area contributed by atoms with Crippen molar-refractivity contribution in [1.29, 1.82) is 0 Å². The van der Waals surface area contributed by atoms with E-state index in [4.69, 9.17) is 0 Å². The van der Waals surface area contributed by atoms with E-state index in [0.29, 0.717) is 11.1 Å². The monoisotopic (exact) mass is 395 g/mol. The second kappa shape index (κ2) is 8.57. The molecule has 0 atom stereocenters. The summed E-state index contributed by atoms with van der Waals surface area (Å²) < 4.78 is 1.60. The van der Waals surface area contributed by atoms with Gasteiger partial charge in [-0.3, -0.25) is 9.59 Å². The first-order chi connectivity index (χ1) is 14.7. The summed E-state index contributed by atoms with van der Waals surface area (Å²) in [6, 6.07) is 25.5. The number of nitrogens with zero attached hydrogens (tertiary/aromatic N) is 2. The van der Waals surface area contributed by atoms with E-state index in [0.717, 1.165) is 17.9 Å². The molecule has 0 aliphatic heterocycles. The van der Waals surface area contributed by atoms with E-state index in [2.05, 4.69) is 10.4 Å². The van der Waals surface area contributed by atoms with Gasteiger partial charge in [0.2, 0.25) is 5.78 Å². The van der Waals surface area contributed by atoms with Crippen molar-refractivity contribution >= 4 is 17.3 Å². The van der Waals surface area contributed by atoms with Gasteiger partial charge in [0, 0.05) is 23.9 Å². The summed E-state index contributed by atoms with van der Waals surface area (Å²) in [6.45, 7) is 2.75. The van der Waals surface area contributed by atoms with E-state index in [9.17, 15) is 9.59 Å². The number of hydrogen-bond acceptors (Lipinski definition) is 4. The van der Waals surface area contributed by atoms with Crippen molar-refractivity contribution in [3.63, 3.8) is 0 Å². The Morgan fingerprint density at radius 3 is 2.00 bits per heavy atom. The van der Waals surface area contributed by atoms with Crippen molar-refractivity contribution in [2.45, 2.75) is 6.92 Å². The topological polar surface area (TPSA) is 64.0 Å². The van der Waals surface area contributed by atoms with Crippen LogP contribution >= 0.6 is 0 Å². The molecule has 0 saturated carbocycles. The minimum atomic E-state index is -0.283. The van der Waals surface area contributed by atoms with Gasteiger partial charge in [-0.2, -0.15) is 5.10 Å². The third-order valence-electron chi connectivity index (χ3n) is 4.76. The van der Waals surface area contributed by atoms with Crippen LogP contribution in [-0.2, 0) is 0 Å². The molecule has 0 saturated heterocycles. The summed E-state index contributed by atoms with van der Waals surface area (Å²) in [6.07, 6.45) is 1.64. The number of carbonyl (C=O) groups excluding carboxylic acids is 2. The van der Waals surface area contributed by atoms with Crippen molar-refractivity contribution in [2.75, 3.05) is 11.9 Å². The number of para-hydroxylation sites is 2. The number of hydrogen-bond donors (Lipinski definition) is 1. The molecule has 0 bridgehead atoms. The molecule has 1 aromatic heterocycles. The normalized spacial score (nSPS) is 10.6. The van der Waals surface area contributed by atoms with E-state index in [-0.39, 0.29) is 22.8 Å². The lowest BCUT2D eigenvalue weighted by Gasteiger charge is -2.10. The fraction of sp³-hybridized carbons (Fsp3) is 0.0800. The van der Waals surface area contributed by atoms with Crippen LogP contribution < -0.4 is 5.32 Å². The maximum atomic E-state index is 13.2. The predicted octanol–water partition coefficient (Wildman–Crippen LogP) is 4.77. The summed E-state index contributed by atoms with van der Waals surface area (Å²) in [5.41, 5.74) is 3.07. The zero-order valence-electron chi connectivity index (χ0n) is 16.6. The fourth-order valence-corrected chi connectivity index (χ4v) is 3.32. The molecule has 4 aromatic rings. The zero-order valence-corrected chi connectivity index (χ0v) is 16.6. The second-order valence-corrected chi connectivity index (χ2v) is 6.77. The molecule has 0 fully saturated rings. The molecule has 4 rings (SSSR count). The average Bonchev–Trinajstić information content (AvgIpc) is 3.25. The highest BCUT2D eigenvalue weighted by Gasteiger charge is 2.25. The molecule has 0 spiro atoms. The molecule has 1 heterocycles. The van der Waals surface area contributed by atoms with E-state index >= 15 is 0 Å². The Hall–Kier alpha value is -3.99. The van der Waals surface area contributed by atoms with Crippen LogP contribution in [0.2, 0.25) is 0 Å². The lowest BCUT2D eigenvalue weighted by atomic mass is 9.99. The van der Waals surface area contributed by atoms with Crippen molar-refractivity contribution in [3.8, 4) is 5.69 Å². The van der Waals surface area contributed by atoms with Crippen LogP contribution in [0.4, 0.5) is 5.69 Å². The molecule has 5 nitrogen and oxygen atoms in total. The summed E-state index contributed by atoms with van der Waals surface area (Å²) >= 11 is 0. The van der Waals surface area contributed by atoms with Crippen LogP contribution in [0.1, 0.15) is 38.9 Å². The Bertz CT molecular complexity index is 1110. The average molecular weight is 395 g/mol. The van der Waals surface area contributed by atoms with Crippen molar-refractivity contribution in [2.24, 2.45) is 0 Å². The number of benzene rings is 3. The van der Waals surface area contributed by atoms with E-state index in [1.165, 1.54) is 0 Å². The van der Waals surface area contributed by atoms with Gasteiger partial charge < -0.3 is 5.32 Å². The Morgan fingerprint density at radius 2 is 1.37 bits per heavy atom. The largest absolute Gasteiger partial charge is 0.384 e. The maximum Gasteiger partial charge on any atom is 0.214 e. The Morgan fingerprint density at radius 1 is 0.800 bits per heavy atom. The summed E-state index contributed by atoms with van der Waals surface area (Å²) in [4.78, 5) is 26.5. The van der Waals surface area contributed by atoms with Gasteiger partial charge in [0.1, 0.15) is 5.69 Å². The van der Waals surface area contributed by atoms with Crippen molar-refractivity contribution < 1.29 is 9.59 Å². The number of ketones is 2. The molecular formula is C25H21N3O2. The maximum absolute atomic E-state index is 13.2. The van der Waals surface area contributed by atoms with E-state index in [1.807, 2.05) is 43.3 Å². The second-order valence-electron chi connectivity index (χ2n) is 6.77. The van der Waals surface area contributed by atoms with Gasteiger partial charge in [-0.05, 0) is 19.1 Å². The van der Waals surface area contributed by atoms with E-state index in [1.54, 1.807) is 59.4 Å². The van der Waals surface area contributed by atoms with Gasteiger partial charge in [0.15, 0.2) is 5.78 Å². The van der Waals surface area contributed by atoms with Crippen molar-refractivity contribution in [3.05, 3.63) is 114 Å². The highest BCUT2D eigenvalue weighted by molar-refractivity contribution is 6.18. The third kappa shape index (κ3) is 3.78. The molecule has 148 valence electrons. The van der Waals surface area contributed by atoms with Crippen LogP contribution in [0.15, 0.2) is 91.1 Å². The highest BCUT2D eigenvalue weighted by Crippen LogP contribution is 2.24. The summed E-state index contributed by atoms with van der Waals surface area (Å²) in [5.74, 6) is -0.517. The van der Waals surface area contributed by atoms with Crippen LogP contribution in [-0.4, -0.2) is 27.9 Å². The first-order valence-corrected chi connectivity index (χ1v) is 9.81. The SMILES string of the molecule is CCNc1ccccc1-n1cc(C(=O)c2ccccc2)c(C(=O)c2ccccc2)n1. The lowest BCUT2D eigenvalue weighted by Crippen LogP contribution is -2.10. The minimum absolute atomic E-state index is 0.140. The fourth-order valence-electron chi connectivity index (χ4n) is 3.32. The molecule has 30 heavy (non-hydrogen) atoms. The van der Waals surface area contributed by atoms with Crippen LogP contribution in [0, 0.1) is 0 Å². The molecule has 0 radical (unpaired) electrons. The van der Waals surface area contributed by atoms with Gasteiger partial charge in [-0.15, -0.1) is 0 Å². The molecule has 1 N–H and O–H groups in total. The Balaban J connectivity index is 1.86. The van der Waals surface area contributed by atoms with E-state index < -0.39 is 0 Å². The number of anilines is 1. The first kappa shape index (κ1) is 19.3. The molecule has 0 aliphatic rings. The Labute approximate surface area is 175 Å². The van der Waals surface area contributed by atoms with Gasteiger partial charge in [-0.25, -0.2) is 4.68 Å². The van der Waals surface area contributed by atoms with Gasteiger partial charge in [0.25, 0.3) is 0 Å². The number of rotatable bonds is 7. The zero-order chi connectivity index (χ0) is 20.9. The molecule has 3 aromatic carbocycles. The van der Waals surface area contributed by atoms with Crippen molar-refractivity contribution in [1.82, 2.24) is 9.78 Å². The van der Waals surface area contributed by atoms with Gasteiger partial charge in [-0.1, -0.05) is 72.8 Å². The Kier molecular flexibility index (Phi) is 5.52. The highest BCUT2D eigenvalue weighted by atomic mass is 16.1. The standard InChI is InChI=1S/C25H21N3O2/c1-2-26-21-15-9-10-16-22(21)28-17-20(24(29)18-11-5-3-6-12-18)23(27-28)25(30)19-13-7-4-8-14-19/h3-17,26H,2H2,1H3. The third-order valence-corrected chi connectivity index (χ3v) is 4.76. The predicted molar refractivity (Wildman–Crippen MR) is 117 cm³/mol. The molecule has 0 aliphatic carbocycles. The van der Waals surface area contributed by atoms with Crippen LogP contribution in [0.5, 0.6) is 0 Å². The summed E-state index contributed by atoms with van der Waals surface area (Å²) in [7, 11) is 0. The molecule has 0 unspecified atom stereocenters. The number of aromatic nitrogens is 2. The van der Waals surface area contributed by atoms with Crippen LogP contribution in [0.3, 0.4) is 0 Å². The number of carbonyl (C=O) groups is 2. The number of nitrogens with one attached hydrogen (secondary N) is 1. The molecular weight excluding hydrogens is 374 g/mol. The van der Waals surface area contributed by atoms with Gasteiger partial charge in [0.05, 0.1) is 16.9 Å². The first-order valence-electron chi connectivity index (χ1n) is 9.81. The lowest BCUT2D eigenvalue weighted by molar-refractivity contribution is 0.100. The quantitative estimate of drug-likeness (QED) is 0.458. The van der Waals surface area contributed by atoms with Crippen LogP contribution in [0.25, 0.3) is 5.69 Å². The molecule has 5 heteroatoms. The molecule has 0 amide bonds.